The van der Waals surface area contributed by atoms with Gasteiger partial charge < -0.3 is 15.0 Å². The average molecular weight is 131 g/mol. The van der Waals surface area contributed by atoms with Crippen LogP contribution >= 0.6 is 12.8 Å². The first-order chi connectivity index (χ1) is 2.27. The molecule has 0 bridgehead atoms. The molecule has 0 aliphatic heterocycles. The minimum Gasteiger partial charge on any atom is -0.603 e. The van der Waals surface area contributed by atoms with E-state index in [2.05, 4.69) is 17.5 Å². The van der Waals surface area contributed by atoms with E-state index in [1.165, 1.54) is 6.92 Å². The number of thiol groups is 1. The molecule has 0 saturated heterocycles. The SMILES string of the molecule is CC(=O)[N-]S.O.[Na+]. The van der Waals surface area contributed by atoms with Gasteiger partial charge in [-0.15, -0.1) is 0 Å². The van der Waals surface area contributed by atoms with Gasteiger partial charge in [-0.05, 0) is 6.92 Å². The predicted molar refractivity (Wildman–Crippen MR) is 26.6 cm³/mol. The van der Waals surface area contributed by atoms with Crippen molar-refractivity contribution in [2.45, 2.75) is 6.92 Å². The van der Waals surface area contributed by atoms with E-state index in [9.17, 15) is 4.79 Å². The fraction of sp³-hybridized carbons (Fsp3) is 0.500. The first-order valence-corrected chi connectivity index (χ1v) is 1.53. The Morgan fingerprint density at radius 3 is 1.86 bits per heavy atom. The Hall–Kier alpha value is 0.780. The van der Waals surface area contributed by atoms with Crippen molar-refractivity contribution in [3.63, 3.8) is 0 Å². The van der Waals surface area contributed by atoms with E-state index in [4.69, 9.17) is 0 Å². The molecule has 0 aromatic heterocycles. The molecule has 3 nitrogen and oxygen atoms in total. The van der Waals surface area contributed by atoms with Gasteiger partial charge in [0.15, 0.2) is 0 Å². The van der Waals surface area contributed by atoms with Crippen molar-refractivity contribution in [2.24, 2.45) is 0 Å². The molecule has 0 rings (SSSR count). The van der Waals surface area contributed by atoms with E-state index in [1.807, 2.05) is 0 Å². The molecule has 0 unspecified atom stereocenters. The molecule has 0 aromatic rings. The topological polar surface area (TPSA) is 62.7 Å². The van der Waals surface area contributed by atoms with E-state index in [-0.39, 0.29) is 40.9 Å². The quantitative estimate of drug-likeness (QED) is 0.275. The third-order valence-electron chi connectivity index (χ3n) is 0.141. The van der Waals surface area contributed by atoms with Gasteiger partial charge >= 0.3 is 29.6 Å². The molecule has 0 aromatic carbocycles. The molecule has 0 atom stereocenters. The molecule has 0 heterocycles. The molecule has 0 spiro atoms. The smallest absolute Gasteiger partial charge is 0.603 e. The first kappa shape index (κ1) is 15.7. The minimum absolute atomic E-state index is 0. The van der Waals surface area contributed by atoms with Crippen molar-refractivity contribution in [3.8, 4) is 0 Å². The molecule has 5 heteroatoms. The summed E-state index contributed by atoms with van der Waals surface area (Å²) in [6, 6.07) is 0. The summed E-state index contributed by atoms with van der Waals surface area (Å²) in [4.78, 5) is 9.57. The number of hydrogen-bond donors (Lipinski definition) is 1. The summed E-state index contributed by atoms with van der Waals surface area (Å²) in [6.45, 7) is 1.34. The van der Waals surface area contributed by atoms with Crippen molar-refractivity contribution in [2.75, 3.05) is 0 Å². The van der Waals surface area contributed by atoms with Gasteiger partial charge in [-0.1, -0.05) is 0 Å². The number of carbonyl (C=O) groups excluding carboxylic acids is 1. The summed E-state index contributed by atoms with van der Waals surface area (Å²) in [7, 11) is 0. The second-order valence-electron chi connectivity index (χ2n) is 0.619. The van der Waals surface area contributed by atoms with Crippen LogP contribution in [0.4, 0.5) is 0 Å². The maximum Gasteiger partial charge on any atom is 1.00 e. The zero-order valence-electron chi connectivity index (χ0n) is 4.30. The standard InChI is InChI=1S/C2H5NOS.Na.H2O/c1-2(4)3-5;;/h1H3,(H2,3,4,5);;1H2/q;+1;/p-1. The Balaban J connectivity index is -0.0000000800. The maximum absolute atomic E-state index is 9.57. The van der Waals surface area contributed by atoms with Gasteiger partial charge in [-0.25, -0.2) is 0 Å². The maximum atomic E-state index is 9.57. The summed E-state index contributed by atoms with van der Waals surface area (Å²) in [5, 5.41) is 0. The van der Waals surface area contributed by atoms with Crippen LogP contribution in [-0.4, -0.2) is 11.4 Å². The van der Waals surface area contributed by atoms with E-state index in [0.717, 1.165) is 0 Å². The Kier molecular flexibility index (Phi) is 22.2. The Morgan fingerprint density at radius 1 is 1.71 bits per heavy atom. The second-order valence-corrected chi connectivity index (χ2v) is 0.819. The molecule has 1 amide bonds. The van der Waals surface area contributed by atoms with Crippen LogP contribution in [0.2, 0.25) is 0 Å². The molecule has 0 aliphatic carbocycles. The molecule has 7 heavy (non-hydrogen) atoms. The van der Waals surface area contributed by atoms with Gasteiger partial charge in [0.25, 0.3) is 0 Å². The summed E-state index contributed by atoms with van der Waals surface area (Å²) < 4.78 is 2.94. The van der Waals surface area contributed by atoms with Gasteiger partial charge in [0, 0.05) is 0 Å². The summed E-state index contributed by atoms with van der Waals surface area (Å²) in [5.74, 6) is -0.256. The van der Waals surface area contributed by atoms with Gasteiger partial charge in [0.1, 0.15) is 0 Å². The Labute approximate surface area is 70.0 Å². The third kappa shape index (κ3) is 20.0. The number of rotatable bonds is 0. The molecule has 0 radical (unpaired) electrons. The van der Waals surface area contributed by atoms with Crippen LogP contribution in [0.1, 0.15) is 6.92 Å². The van der Waals surface area contributed by atoms with Crippen LogP contribution in [0.5, 0.6) is 0 Å². The molecular formula is C2H6NNaO2S. The van der Waals surface area contributed by atoms with Gasteiger partial charge in [-0.2, -0.15) is 0 Å². The van der Waals surface area contributed by atoms with Crippen molar-refractivity contribution >= 4 is 18.7 Å². The van der Waals surface area contributed by atoms with Crippen molar-refractivity contribution in [3.05, 3.63) is 4.72 Å². The van der Waals surface area contributed by atoms with E-state index in [0.29, 0.717) is 0 Å². The fourth-order valence-electron chi connectivity index (χ4n) is 0. The second kappa shape index (κ2) is 9.91. The summed E-state index contributed by atoms with van der Waals surface area (Å²) >= 11 is 3.29. The van der Waals surface area contributed by atoms with Crippen LogP contribution in [0, 0.1) is 0 Å². The normalized spacial score (nSPS) is 4.86. The zero-order valence-corrected chi connectivity index (χ0v) is 7.20. The Bertz CT molecular complexity index is 51.0. The summed E-state index contributed by atoms with van der Waals surface area (Å²) in [6.07, 6.45) is 0. The van der Waals surface area contributed by atoms with E-state index >= 15 is 0 Å². The molecule has 0 saturated carbocycles. The van der Waals surface area contributed by atoms with E-state index in [1.54, 1.807) is 0 Å². The van der Waals surface area contributed by atoms with Crippen LogP contribution in [0.15, 0.2) is 0 Å². The number of hydrogen-bond acceptors (Lipinski definition) is 2. The van der Waals surface area contributed by atoms with Crippen LogP contribution in [-0.2, 0) is 4.79 Å². The number of nitrogens with zero attached hydrogens (tertiary/aromatic N) is 1. The van der Waals surface area contributed by atoms with Crippen LogP contribution in [0.3, 0.4) is 0 Å². The van der Waals surface area contributed by atoms with Crippen molar-refractivity contribution < 1.29 is 39.8 Å². The molecule has 2 N–H and O–H groups in total. The largest absolute Gasteiger partial charge is 1.00 e. The average Bonchev–Trinajstić information content (AvgIpc) is 1.38. The first-order valence-electron chi connectivity index (χ1n) is 1.13. The van der Waals surface area contributed by atoms with Gasteiger partial charge in [0.2, 0.25) is 0 Å². The number of amides is 1. The summed E-state index contributed by atoms with van der Waals surface area (Å²) in [5.41, 5.74) is 0. The van der Waals surface area contributed by atoms with E-state index < -0.39 is 0 Å². The number of carbonyl (C=O) groups is 1. The van der Waals surface area contributed by atoms with Gasteiger partial charge in [0.05, 0.1) is 5.91 Å². The third-order valence-corrected chi connectivity index (χ3v) is 0.422. The monoisotopic (exact) mass is 131 g/mol. The van der Waals surface area contributed by atoms with Crippen LogP contribution < -0.4 is 29.6 Å². The fourth-order valence-corrected chi connectivity index (χ4v) is 0. The molecule has 0 fully saturated rings. The van der Waals surface area contributed by atoms with Crippen molar-refractivity contribution in [1.82, 2.24) is 0 Å². The van der Waals surface area contributed by atoms with Crippen molar-refractivity contribution in [1.29, 1.82) is 0 Å². The molecule has 0 aliphatic rings. The molecular weight excluding hydrogens is 125 g/mol. The Morgan fingerprint density at radius 2 is 1.86 bits per heavy atom. The molecule has 38 valence electrons. The predicted octanol–water partition coefficient (Wildman–Crippen LogP) is -3.07. The van der Waals surface area contributed by atoms with Crippen LogP contribution in [0.25, 0.3) is 4.72 Å². The zero-order chi connectivity index (χ0) is 4.28. The van der Waals surface area contributed by atoms with Gasteiger partial charge in [-0.3, -0.25) is 12.8 Å². The minimum atomic E-state index is -0.256.